The Hall–Kier alpha value is -1.88. The summed E-state index contributed by atoms with van der Waals surface area (Å²) in [5, 5.41) is 5.85. The number of para-hydroxylation sites is 1. The standard InChI is InChI=1S/C20H33N3O2/c1-14(2)16-11-8-10-15(3)17(16)22-19(25)20(4,5)18(24)21-12-9-13-23(6)7/h8,10-11,14H,9,12-13H2,1-7H3,(H,21,24)(H,22,25). The summed E-state index contributed by atoms with van der Waals surface area (Å²) in [6, 6.07) is 5.97. The minimum absolute atomic E-state index is 0.247. The fourth-order valence-electron chi connectivity index (χ4n) is 2.53. The molecule has 2 amide bonds. The maximum Gasteiger partial charge on any atom is 0.239 e. The topological polar surface area (TPSA) is 61.4 Å². The molecule has 0 atom stereocenters. The van der Waals surface area contributed by atoms with Crippen molar-refractivity contribution in [3.63, 3.8) is 0 Å². The Morgan fingerprint density at radius 3 is 2.36 bits per heavy atom. The number of rotatable bonds is 8. The molecule has 140 valence electrons. The van der Waals surface area contributed by atoms with Crippen LogP contribution in [-0.2, 0) is 9.59 Å². The van der Waals surface area contributed by atoms with Gasteiger partial charge in [0.25, 0.3) is 0 Å². The first kappa shape index (κ1) is 21.2. The summed E-state index contributed by atoms with van der Waals surface area (Å²) >= 11 is 0. The smallest absolute Gasteiger partial charge is 0.239 e. The summed E-state index contributed by atoms with van der Waals surface area (Å²) < 4.78 is 0. The SMILES string of the molecule is Cc1cccc(C(C)C)c1NC(=O)C(C)(C)C(=O)NCCCN(C)C. The number of nitrogens with one attached hydrogen (secondary N) is 2. The van der Waals surface area contributed by atoms with E-state index in [0.717, 1.165) is 29.8 Å². The quantitative estimate of drug-likeness (QED) is 0.561. The number of carbonyl (C=O) groups is 2. The van der Waals surface area contributed by atoms with Crippen LogP contribution in [0.4, 0.5) is 5.69 Å². The summed E-state index contributed by atoms with van der Waals surface area (Å²) in [7, 11) is 3.99. The maximum absolute atomic E-state index is 12.8. The van der Waals surface area contributed by atoms with E-state index >= 15 is 0 Å². The van der Waals surface area contributed by atoms with Gasteiger partial charge in [-0.25, -0.2) is 0 Å². The molecule has 1 rings (SSSR count). The van der Waals surface area contributed by atoms with E-state index in [4.69, 9.17) is 0 Å². The Balaban J connectivity index is 2.80. The number of amides is 2. The van der Waals surface area contributed by atoms with E-state index in [9.17, 15) is 9.59 Å². The molecule has 0 radical (unpaired) electrons. The van der Waals surface area contributed by atoms with Crippen LogP contribution < -0.4 is 10.6 Å². The van der Waals surface area contributed by atoms with Crippen molar-refractivity contribution in [2.24, 2.45) is 5.41 Å². The molecule has 0 spiro atoms. The Bertz CT molecular complexity index is 607. The van der Waals surface area contributed by atoms with Gasteiger partial charge in [-0.05, 0) is 64.9 Å². The Kier molecular flexibility index (Phi) is 7.61. The molecule has 5 nitrogen and oxygen atoms in total. The fourth-order valence-corrected chi connectivity index (χ4v) is 2.53. The van der Waals surface area contributed by atoms with Crippen LogP contribution in [0.3, 0.4) is 0 Å². The summed E-state index contributed by atoms with van der Waals surface area (Å²) in [6.07, 6.45) is 0.853. The van der Waals surface area contributed by atoms with E-state index in [-0.39, 0.29) is 17.7 Å². The van der Waals surface area contributed by atoms with Crippen molar-refractivity contribution in [1.29, 1.82) is 0 Å². The number of aryl methyl sites for hydroxylation is 1. The lowest BCUT2D eigenvalue weighted by atomic mass is 9.90. The molecule has 0 saturated heterocycles. The van der Waals surface area contributed by atoms with Gasteiger partial charge < -0.3 is 15.5 Å². The molecule has 0 fully saturated rings. The summed E-state index contributed by atoms with van der Waals surface area (Å²) in [5.74, 6) is -0.240. The molecule has 5 heteroatoms. The number of benzene rings is 1. The first-order chi connectivity index (χ1) is 11.6. The average Bonchev–Trinajstić information content (AvgIpc) is 2.52. The van der Waals surface area contributed by atoms with Gasteiger partial charge in [-0.2, -0.15) is 0 Å². The van der Waals surface area contributed by atoms with Crippen LogP contribution in [0.25, 0.3) is 0 Å². The Labute approximate surface area is 152 Å². The van der Waals surface area contributed by atoms with Gasteiger partial charge in [0.05, 0.1) is 0 Å². The summed E-state index contributed by atoms with van der Waals surface area (Å²) in [4.78, 5) is 27.3. The van der Waals surface area contributed by atoms with Crippen LogP contribution in [0, 0.1) is 12.3 Å². The highest BCUT2D eigenvalue weighted by atomic mass is 16.2. The summed E-state index contributed by atoms with van der Waals surface area (Å²) in [6.45, 7) is 10.9. The zero-order valence-corrected chi connectivity index (χ0v) is 16.7. The van der Waals surface area contributed by atoms with Crippen LogP contribution >= 0.6 is 0 Å². The highest BCUT2D eigenvalue weighted by molar-refractivity contribution is 6.10. The van der Waals surface area contributed by atoms with Gasteiger partial charge in [-0.15, -0.1) is 0 Å². The van der Waals surface area contributed by atoms with Crippen molar-refractivity contribution in [3.05, 3.63) is 29.3 Å². The van der Waals surface area contributed by atoms with Gasteiger partial charge in [-0.3, -0.25) is 9.59 Å². The van der Waals surface area contributed by atoms with Crippen molar-refractivity contribution < 1.29 is 9.59 Å². The van der Waals surface area contributed by atoms with Crippen LogP contribution in [0.5, 0.6) is 0 Å². The molecule has 2 N–H and O–H groups in total. The molecule has 0 aliphatic rings. The van der Waals surface area contributed by atoms with Gasteiger partial charge in [0.1, 0.15) is 5.41 Å². The third-order valence-corrected chi connectivity index (χ3v) is 4.37. The predicted molar refractivity (Wildman–Crippen MR) is 104 cm³/mol. The van der Waals surface area contributed by atoms with E-state index in [0.29, 0.717) is 6.54 Å². The molecule has 1 aromatic carbocycles. The molecule has 0 saturated carbocycles. The Morgan fingerprint density at radius 2 is 1.80 bits per heavy atom. The first-order valence-electron chi connectivity index (χ1n) is 8.91. The van der Waals surface area contributed by atoms with Gasteiger partial charge in [0, 0.05) is 12.2 Å². The zero-order valence-electron chi connectivity index (χ0n) is 16.7. The molecule has 0 aliphatic carbocycles. The molecular weight excluding hydrogens is 314 g/mol. The highest BCUT2D eigenvalue weighted by Crippen LogP contribution is 2.29. The van der Waals surface area contributed by atoms with E-state index < -0.39 is 5.41 Å². The molecule has 0 heterocycles. The lowest BCUT2D eigenvalue weighted by Gasteiger charge is -2.25. The van der Waals surface area contributed by atoms with Gasteiger partial charge >= 0.3 is 0 Å². The Morgan fingerprint density at radius 1 is 1.16 bits per heavy atom. The minimum atomic E-state index is -1.13. The number of carbonyl (C=O) groups excluding carboxylic acids is 2. The molecule has 0 unspecified atom stereocenters. The number of nitrogens with zero attached hydrogens (tertiary/aromatic N) is 1. The highest BCUT2D eigenvalue weighted by Gasteiger charge is 2.36. The molecule has 1 aromatic rings. The number of hydrogen-bond donors (Lipinski definition) is 2. The summed E-state index contributed by atoms with van der Waals surface area (Å²) in [5.41, 5.74) is 1.77. The number of anilines is 1. The van der Waals surface area contributed by atoms with Crippen molar-refractivity contribution in [3.8, 4) is 0 Å². The van der Waals surface area contributed by atoms with E-state index in [1.807, 2.05) is 39.2 Å². The largest absolute Gasteiger partial charge is 0.355 e. The first-order valence-corrected chi connectivity index (χ1v) is 8.91. The minimum Gasteiger partial charge on any atom is -0.355 e. The van der Waals surface area contributed by atoms with Crippen molar-refractivity contribution in [1.82, 2.24) is 10.2 Å². The third-order valence-electron chi connectivity index (χ3n) is 4.37. The predicted octanol–water partition coefficient (Wildman–Crippen LogP) is 3.15. The van der Waals surface area contributed by atoms with Crippen molar-refractivity contribution >= 4 is 17.5 Å². The van der Waals surface area contributed by atoms with Gasteiger partial charge in [0.2, 0.25) is 11.8 Å². The average molecular weight is 348 g/mol. The van der Waals surface area contributed by atoms with E-state index in [1.165, 1.54) is 0 Å². The van der Waals surface area contributed by atoms with Crippen molar-refractivity contribution in [2.45, 2.75) is 47.0 Å². The second-order valence-electron chi connectivity index (χ2n) is 7.69. The molecular formula is C20H33N3O2. The molecule has 0 aromatic heterocycles. The van der Waals surface area contributed by atoms with Crippen LogP contribution in [0.2, 0.25) is 0 Å². The third kappa shape index (κ3) is 5.85. The number of hydrogen-bond acceptors (Lipinski definition) is 3. The van der Waals surface area contributed by atoms with Gasteiger partial charge in [-0.1, -0.05) is 32.0 Å². The normalized spacial score (nSPS) is 11.7. The van der Waals surface area contributed by atoms with Crippen LogP contribution in [0.15, 0.2) is 18.2 Å². The lowest BCUT2D eigenvalue weighted by Crippen LogP contribution is -2.45. The van der Waals surface area contributed by atoms with Gasteiger partial charge in [0.15, 0.2) is 0 Å². The van der Waals surface area contributed by atoms with Crippen LogP contribution in [-0.4, -0.2) is 43.9 Å². The van der Waals surface area contributed by atoms with Crippen molar-refractivity contribution in [2.75, 3.05) is 32.5 Å². The second kappa shape index (κ2) is 8.99. The zero-order chi connectivity index (χ0) is 19.2. The van der Waals surface area contributed by atoms with E-state index in [1.54, 1.807) is 13.8 Å². The maximum atomic E-state index is 12.8. The van der Waals surface area contributed by atoms with E-state index in [2.05, 4.69) is 29.4 Å². The van der Waals surface area contributed by atoms with Crippen LogP contribution in [0.1, 0.15) is 51.2 Å². The monoisotopic (exact) mass is 347 g/mol. The fraction of sp³-hybridized carbons (Fsp3) is 0.600. The molecule has 0 aliphatic heterocycles. The lowest BCUT2D eigenvalue weighted by molar-refractivity contribution is -0.138. The molecule has 25 heavy (non-hydrogen) atoms. The second-order valence-corrected chi connectivity index (χ2v) is 7.69. The molecule has 0 bridgehead atoms.